The van der Waals surface area contributed by atoms with Crippen molar-refractivity contribution in [3.8, 4) is 5.75 Å². The molecular formula is C13H19NO5S. The Hall–Kier alpha value is -1.60. The van der Waals surface area contributed by atoms with Crippen LogP contribution in [0.4, 0.5) is 0 Å². The molecular weight excluding hydrogens is 282 g/mol. The van der Waals surface area contributed by atoms with Crippen molar-refractivity contribution in [1.82, 2.24) is 5.32 Å². The van der Waals surface area contributed by atoms with Gasteiger partial charge in [-0.25, -0.2) is 4.79 Å². The summed E-state index contributed by atoms with van der Waals surface area (Å²) >= 11 is 1.06. The molecule has 0 unspecified atom stereocenters. The third-order valence-electron chi connectivity index (χ3n) is 2.28. The van der Waals surface area contributed by atoms with Crippen molar-refractivity contribution < 1.29 is 24.2 Å². The van der Waals surface area contributed by atoms with Crippen LogP contribution in [0, 0.1) is 0 Å². The average Bonchev–Trinajstić information content (AvgIpc) is 2.84. The molecule has 7 heteroatoms. The Morgan fingerprint density at radius 1 is 1.45 bits per heavy atom. The zero-order valence-corrected chi connectivity index (χ0v) is 12.4. The maximum absolute atomic E-state index is 11.5. The van der Waals surface area contributed by atoms with Gasteiger partial charge in [0.05, 0.1) is 6.10 Å². The fraction of sp³-hybridized carbons (Fsp3) is 0.538. The molecule has 0 bridgehead atoms. The average molecular weight is 301 g/mol. The van der Waals surface area contributed by atoms with Crippen LogP contribution in [-0.2, 0) is 9.53 Å². The van der Waals surface area contributed by atoms with Gasteiger partial charge in [-0.2, -0.15) is 0 Å². The van der Waals surface area contributed by atoms with E-state index < -0.39 is 5.97 Å². The number of carboxylic acid groups (broad SMARTS) is 1. The minimum Gasteiger partial charge on any atom is -0.482 e. The predicted molar refractivity (Wildman–Crippen MR) is 75.5 cm³/mol. The first-order valence-electron chi connectivity index (χ1n) is 6.32. The molecule has 0 spiro atoms. The van der Waals surface area contributed by atoms with Gasteiger partial charge >= 0.3 is 5.97 Å². The standard InChI is InChI=1S/C13H19NO5S/c1-9(2)18-6-3-5-14-11(15)8-19-10-4-7-20-12(10)13(16)17/h4,7,9H,3,5-6,8H2,1-2H3,(H,14,15)(H,16,17). The lowest BCUT2D eigenvalue weighted by Gasteiger charge is -2.09. The second kappa shape index (κ2) is 8.55. The van der Waals surface area contributed by atoms with Crippen LogP contribution in [0.15, 0.2) is 11.4 Å². The maximum Gasteiger partial charge on any atom is 0.349 e. The van der Waals surface area contributed by atoms with Crippen LogP contribution in [0.5, 0.6) is 5.75 Å². The number of hydrogen-bond acceptors (Lipinski definition) is 5. The van der Waals surface area contributed by atoms with E-state index in [1.165, 1.54) is 6.07 Å². The number of thiophene rings is 1. The van der Waals surface area contributed by atoms with E-state index in [1.54, 1.807) is 5.38 Å². The van der Waals surface area contributed by atoms with Gasteiger partial charge in [-0.15, -0.1) is 11.3 Å². The van der Waals surface area contributed by atoms with E-state index in [9.17, 15) is 9.59 Å². The van der Waals surface area contributed by atoms with Gasteiger partial charge in [0.15, 0.2) is 11.5 Å². The molecule has 1 rings (SSSR count). The Kier molecular flexibility index (Phi) is 7.03. The highest BCUT2D eigenvalue weighted by Gasteiger charge is 2.13. The van der Waals surface area contributed by atoms with E-state index >= 15 is 0 Å². The van der Waals surface area contributed by atoms with Gasteiger partial charge in [0.25, 0.3) is 5.91 Å². The highest BCUT2D eigenvalue weighted by Crippen LogP contribution is 2.24. The van der Waals surface area contributed by atoms with Crippen LogP contribution < -0.4 is 10.1 Å². The molecule has 1 aromatic rings. The van der Waals surface area contributed by atoms with Crippen LogP contribution in [-0.4, -0.2) is 42.8 Å². The van der Waals surface area contributed by atoms with Crippen LogP contribution in [0.2, 0.25) is 0 Å². The lowest BCUT2D eigenvalue weighted by molar-refractivity contribution is -0.123. The van der Waals surface area contributed by atoms with Crippen LogP contribution in [0.1, 0.15) is 29.9 Å². The number of ether oxygens (including phenoxy) is 2. The molecule has 0 saturated heterocycles. The first-order valence-corrected chi connectivity index (χ1v) is 7.20. The second-order valence-electron chi connectivity index (χ2n) is 4.33. The summed E-state index contributed by atoms with van der Waals surface area (Å²) < 4.78 is 10.5. The molecule has 20 heavy (non-hydrogen) atoms. The number of carbonyl (C=O) groups excluding carboxylic acids is 1. The van der Waals surface area contributed by atoms with Crippen LogP contribution in [0.3, 0.4) is 0 Å². The second-order valence-corrected chi connectivity index (χ2v) is 5.25. The van der Waals surface area contributed by atoms with Gasteiger partial charge in [0, 0.05) is 13.2 Å². The number of rotatable bonds is 9. The van der Waals surface area contributed by atoms with E-state index in [-0.39, 0.29) is 29.2 Å². The molecule has 0 fully saturated rings. The number of hydrogen-bond donors (Lipinski definition) is 2. The van der Waals surface area contributed by atoms with Crippen molar-refractivity contribution in [2.24, 2.45) is 0 Å². The fourth-order valence-electron chi connectivity index (χ4n) is 1.38. The number of aromatic carboxylic acids is 1. The first kappa shape index (κ1) is 16.5. The molecule has 0 aliphatic rings. The quantitative estimate of drug-likeness (QED) is 0.679. The zero-order valence-electron chi connectivity index (χ0n) is 11.5. The number of nitrogens with one attached hydrogen (secondary N) is 1. The largest absolute Gasteiger partial charge is 0.482 e. The summed E-state index contributed by atoms with van der Waals surface area (Å²) in [5.41, 5.74) is 0. The summed E-state index contributed by atoms with van der Waals surface area (Å²) in [6, 6.07) is 1.54. The third kappa shape index (κ3) is 6.03. The predicted octanol–water partition coefficient (Wildman–Crippen LogP) is 1.76. The Labute approximate surface area is 121 Å². The zero-order chi connectivity index (χ0) is 15.0. The minimum atomic E-state index is -1.05. The summed E-state index contributed by atoms with van der Waals surface area (Å²) in [6.45, 7) is 4.81. The summed E-state index contributed by atoms with van der Waals surface area (Å²) in [4.78, 5) is 22.4. The van der Waals surface area contributed by atoms with Gasteiger partial charge in [0.1, 0.15) is 5.75 Å². The fourth-order valence-corrected chi connectivity index (χ4v) is 2.05. The Morgan fingerprint density at radius 3 is 2.85 bits per heavy atom. The molecule has 0 aliphatic heterocycles. The Morgan fingerprint density at radius 2 is 2.20 bits per heavy atom. The minimum absolute atomic E-state index is 0.100. The SMILES string of the molecule is CC(C)OCCCNC(=O)COc1ccsc1C(=O)O. The molecule has 0 atom stereocenters. The summed E-state index contributed by atoms with van der Waals surface area (Å²) in [5.74, 6) is -1.11. The summed E-state index contributed by atoms with van der Waals surface area (Å²) in [6.07, 6.45) is 0.907. The monoisotopic (exact) mass is 301 g/mol. The van der Waals surface area contributed by atoms with Crippen molar-refractivity contribution in [2.45, 2.75) is 26.4 Å². The van der Waals surface area contributed by atoms with Gasteiger partial charge in [-0.3, -0.25) is 4.79 Å². The van der Waals surface area contributed by atoms with Crippen LogP contribution >= 0.6 is 11.3 Å². The van der Waals surface area contributed by atoms with Gasteiger partial charge in [-0.05, 0) is 31.7 Å². The van der Waals surface area contributed by atoms with E-state index in [0.717, 1.165) is 17.8 Å². The van der Waals surface area contributed by atoms with E-state index in [0.29, 0.717) is 13.2 Å². The highest BCUT2D eigenvalue weighted by atomic mass is 32.1. The van der Waals surface area contributed by atoms with Crippen molar-refractivity contribution in [3.05, 3.63) is 16.3 Å². The van der Waals surface area contributed by atoms with Gasteiger partial charge < -0.3 is 19.9 Å². The molecule has 1 heterocycles. The lowest BCUT2D eigenvalue weighted by Crippen LogP contribution is -2.30. The summed E-state index contributed by atoms with van der Waals surface area (Å²) in [5, 5.41) is 13.2. The Balaban J connectivity index is 2.20. The topological polar surface area (TPSA) is 84.9 Å². The first-order chi connectivity index (χ1) is 9.50. The molecule has 0 aromatic carbocycles. The molecule has 0 radical (unpaired) electrons. The number of carbonyl (C=O) groups is 2. The maximum atomic E-state index is 11.5. The molecule has 1 aromatic heterocycles. The lowest BCUT2D eigenvalue weighted by atomic mass is 10.4. The molecule has 1 amide bonds. The van der Waals surface area contributed by atoms with Crippen molar-refractivity contribution in [2.75, 3.05) is 19.8 Å². The molecule has 6 nitrogen and oxygen atoms in total. The smallest absolute Gasteiger partial charge is 0.349 e. The Bertz CT molecular complexity index is 444. The van der Waals surface area contributed by atoms with Crippen LogP contribution in [0.25, 0.3) is 0 Å². The summed E-state index contributed by atoms with van der Waals surface area (Å²) in [7, 11) is 0. The van der Waals surface area contributed by atoms with E-state index in [4.69, 9.17) is 14.6 Å². The van der Waals surface area contributed by atoms with Crippen molar-refractivity contribution >= 4 is 23.2 Å². The number of amides is 1. The molecule has 2 N–H and O–H groups in total. The normalized spacial score (nSPS) is 10.6. The third-order valence-corrected chi connectivity index (χ3v) is 3.16. The van der Waals surface area contributed by atoms with Gasteiger partial charge in [0.2, 0.25) is 0 Å². The van der Waals surface area contributed by atoms with E-state index in [1.807, 2.05) is 13.8 Å². The highest BCUT2D eigenvalue weighted by molar-refractivity contribution is 7.12. The molecule has 0 saturated carbocycles. The van der Waals surface area contributed by atoms with E-state index in [2.05, 4.69) is 5.32 Å². The molecule has 0 aliphatic carbocycles. The number of carboxylic acids is 1. The van der Waals surface area contributed by atoms with Crippen molar-refractivity contribution in [1.29, 1.82) is 0 Å². The van der Waals surface area contributed by atoms with Gasteiger partial charge in [-0.1, -0.05) is 0 Å². The van der Waals surface area contributed by atoms with Crippen molar-refractivity contribution in [3.63, 3.8) is 0 Å². The molecule has 112 valence electrons.